The van der Waals surface area contributed by atoms with Crippen molar-refractivity contribution in [3.8, 4) is 0 Å². The first-order chi connectivity index (χ1) is 9.88. The normalized spacial score (nSPS) is 11.3. The molecule has 0 aromatic heterocycles. The van der Waals surface area contributed by atoms with E-state index >= 15 is 0 Å². The zero-order chi connectivity index (χ0) is 15.5. The summed E-state index contributed by atoms with van der Waals surface area (Å²) in [5.41, 5.74) is 0.645. The number of hydrogen-bond donors (Lipinski definition) is 0. The second kappa shape index (κ2) is 6.01. The van der Waals surface area contributed by atoms with Gasteiger partial charge in [0.2, 0.25) is 0 Å². The van der Waals surface area contributed by atoms with Crippen LogP contribution < -0.4 is 0 Å². The second-order valence-corrected chi connectivity index (χ2v) is 6.56. The molecule has 0 radical (unpaired) electrons. The predicted molar refractivity (Wildman–Crippen MR) is 75.3 cm³/mol. The van der Waals surface area contributed by atoms with E-state index in [-0.39, 0.29) is 22.8 Å². The summed E-state index contributed by atoms with van der Waals surface area (Å²) in [4.78, 5) is 10.1. The van der Waals surface area contributed by atoms with Gasteiger partial charge in [0.25, 0.3) is 5.69 Å². The maximum atomic E-state index is 12.8. The number of benzene rings is 2. The number of sulfone groups is 1. The van der Waals surface area contributed by atoms with Crippen molar-refractivity contribution in [3.05, 3.63) is 70.0 Å². The quantitative estimate of drug-likeness (QED) is 0.483. The number of hydrogen-bond acceptors (Lipinski definition) is 4. The van der Waals surface area contributed by atoms with E-state index in [1.54, 1.807) is 0 Å². The molecule has 0 bridgehead atoms. The number of aryl methyl sites for hydroxylation is 1. The zero-order valence-corrected chi connectivity index (χ0v) is 11.7. The Kier molecular flexibility index (Phi) is 4.32. The number of nitro groups is 1. The molecule has 0 N–H and O–H groups in total. The topological polar surface area (TPSA) is 77.3 Å². The lowest BCUT2D eigenvalue weighted by Gasteiger charge is -2.04. The zero-order valence-electron chi connectivity index (χ0n) is 10.9. The molecule has 0 aliphatic carbocycles. The summed E-state index contributed by atoms with van der Waals surface area (Å²) in [5.74, 6) is -0.638. The molecule has 0 spiro atoms. The number of rotatable bonds is 5. The van der Waals surface area contributed by atoms with Crippen LogP contribution in [0.2, 0.25) is 0 Å². The summed E-state index contributed by atoms with van der Waals surface area (Å²) in [7, 11) is -3.50. The first kappa shape index (κ1) is 15.1. The van der Waals surface area contributed by atoms with E-state index in [0.717, 1.165) is 12.1 Å². The SMILES string of the molecule is O=[N+]([O-])c1ccc(CCS(=O)(=O)c2ccc(F)cc2)cc1. The second-order valence-electron chi connectivity index (χ2n) is 4.45. The fourth-order valence-electron chi connectivity index (χ4n) is 1.80. The van der Waals surface area contributed by atoms with E-state index in [9.17, 15) is 22.9 Å². The van der Waals surface area contributed by atoms with Gasteiger partial charge >= 0.3 is 0 Å². The molecule has 0 fully saturated rings. The van der Waals surface area contributed by atoms with Gasteiger partial charge in [-0.25, -0.2) is 12.8 Å². The molecule has 0 amide bonds. The van der Waals surface area contributed by atoms with Crippen LogP contribution in [0.25, 0.3) is 0 Å². The molecule has 7 heteroatoms. The molecule has 21 heavy (non-hydrogen) atoms. The highest BCUT2D eigenvalue weighted by atomic mass is 32.2. The van der Waals surface area contributed by atoms with Gasteiger partial charge < -0.3 is 0 Å². The molecular weight excluding hydrogens is 297 g/mol. The van der Waals surface area contributed by atoms with Gasteiger partial charge in [-0.15, -0.1) is 0 Å². The van der Waals surface area contributed by atoms with E-state index in [1.165, 1.54) is 36.4 Å². The van der Waals surface area contributed by atoms with Crippen LogP contribution in [0.15, 0.2) is 53.4 Å². The predicted octanol–water partition coefficient (Wildman–Crippen LogP) is 2.75. The van der Waals surface area contributed by atoms with E-state index in [1.807, 2.05) is 0 Å². The Balaban J connectivity index is 2.08. The average molecular weight is 309 g/mol. The summed E-state index contributed by atoms with van der Waals surface area (Å²) in [6.45, 7) is 0. The third kappa shape index (κ3) is 3.85. The van der Waals surface area contributed by atoms with Crippen LogP contribution >= 0.6 is 0 Å². The largest absolute Gasteiger partial charge is 0.269 e. The van der Waals surface area contributed by atoms with Crippen LogP contribution in [0.5, 0.6) is 0 Å². The molecule has 0 aliphatic heterocycles. The van der Waals surface area contributed by atoms with Crippen molar-refractivity contribution in [2.24, 2.45) is 0 Å². The van der Waals surface area contributed by atoms with Gasteiger partial charge in [0.1, 0.15) is 5.82 Å². The molecule has 2 rings (SSSR count). The van der Waals surface area contributed by atoms with Crippen LogP contribution in [0.1, 0.15) is 5.56 Å². The average Bonchev–Trinajstić information content (AvgIpc) is 2.46. The maximum Gasteiger partial charge on any atom is 0.269 e. The Morgan fingerprint density at radius 1 is 1.00 bits per heavy atom. The van der Waals surface area contributed by atoms with Gasteiger partial charge in [-0.3, -0.25) is 10.1 Å². The Labute approximate surface area is 121 Å². The van der Waals surface area contributed by atoms with Gasteiger partial charge in [-0.05, 0) is 36.2 Å². The Bertz CT molecular complexity index is 740. The first-order valence-electron chi connectivity index (χ1n) is 6.10. The van der Waals surface area contributed by atoms with E-state index in [2.05, 4.69) is 0 Å². The molecule has 0 saturated heterocycles. The molecular formula is C14H12FNO4S. The van der Waals surface area contributed by atoms with Crippen molar-refractivity contribution in [3.63, 3.8) is 0 Å². The van der Waals surface area contributed by atoms with E-state index in [4.69, 9.17) is 0 Å². The van der Waals surface area contributed by atoms with Gasteiger partial charge in [0.15, 0.2) is 9.84 Å². The molecule has 5 nitrogen and oxygen atoms in total. The highest BCUT2D eigenvalue weighted by molar-refractivity contribution is 7.91. The molecule has 2 aromatic carbocycles. The standard InChI is InChI=1S/C14H12FNO4S/c15-12-3-7-14(8-4-12)21(19,20)10-9-11-1-5-13(6-2-11)16(17)18/h1-8H,9-10H2. The number of nitro benzene ring substituents is 1. The Morgan fingerprint density at radius 2 is 1.57 bits per heavy atom. The highest BCUT2D eigenvalue weighted by Gasteiger charge is 2.14. The number of nitrogens with zero attached hydrogens (tertiary/aromatic N) is 1. The van der Waals surface area contributed by atoms with Crippen LogP contribution in [-0.4, -0.2) is 19.1 Å². The van der Waals surface area contributed by atoms with Gasteiger partial charge in [0.05, 0.1) is 15.6 Å². The molecule has 0 saturated carbocycles. The molecule has 2 aromatic rings. The van der Waals surface area contributed by atoms with Crippen molar-refractivity contribution in [1.82, 2.24) is 0 Å². The Hall–Kier alpha value is -2.28. The first-order valence-corrected chi connectivity index (χ1v) is 7.75. The summed E-state index contributed by atoms with van der Waals surface area (Å²) < 4.78 is 36.9. The fraction of sp³-hybridized carbons (Fsp3) is 0.143. The van der Waals surface area contributed by atoms with E-state index in [0.29, 0.717) is 5.56 Å². The summed E-state index contributed by atoms with van der Waals surface area (Å²) in [5, 5.41) is 10.5. The lowest BCUT2D eigenvalue weighted by Crippen LogP contribution is -2.09. The highest BCUT2D eigenvalue weighted by Crippen LogP contribution is 2.16. The molecule has 110 valence electrons. The fourth-order valence-corrected chi connectivity index (χ4v) is 3.09. The van der Waals surface area contributed by atoms with Crippen molar-refractivity contribution in [2.75, 3.05) is 5.75 Å². The smallest absolute Gasteiger partial charge is 0.258 e. The van der Waals surface area contributed by atoms with Crippen LogP contribution in [-0.2, 0) is 16.3 Å². The molecule has 0 aliphatic rings. The van der Waals surface area contributed by atoms with Gasteiger partial charge in [0, 0.05) is 12.1 Å². The lowest BCUT2D eigenvalue weighted by molar-refractivity contribution is -0.384. The minimum Gasteiger partial charge on any atom is -0.258 e. The minimum atomic E-state index is -3.50. The molecule has 0 heterocycles. The molecule has 0 atom stereocenters. The third-order valence-electron chi connectivity index (χ3n) is 2.98. The van der Waals surface area contributed by atoms with Gasteiger partial charge in [-0.1, -0.05) is 12.1 Å². The summed E-state index contributed by atoms with van der Waals surface area (Å²) in [6.07, 6.45) is 0.234. The number of halogens is 1. The van der Waals surface area contributed by atoms with Crippen molar-refractivity contribution >= 4 is 15.5 Å². The van der Waals surface area contributed by atoms with Crippen LogP contribution in [0.3, 0.4) is 0 Å². The summed E-state index contributed by atoms with van der Waals surface area (Å²) in [6, 6.07) is 10.4. The lowest BCUT2D eigenvalue weighted by atomic mass is 10.1. The monoisotopic (exact) mass is 309 g/mol. The van der Waals surface area contributed by atoms with Gasteiger partial charge in [-0.2, -0.15) is 0 Å². The summed E-state index contributed by atoms with van der Waals surface area (Å²) >= 11 is 0. The van der Waals surface area contributed by atoms with Crippen molar-refractivity contribution in [1.29, 1.82) is 0 Å². The van der Waals surface area contributed by atoms with Crippen molar-refractivity contribution in [2.45, 2.75) is 11.3 Å². The third-order valence-corrected chi connectivity index (χ3v) is 4.71. The molecule has 0 unspecified atom stereocenters. The van der Waals surface area contributed by atoms with Crippen LogP contribution in [0, 0.1) is 15.9 Å². The van der Waals surface area contributed by atoms with Crippen molar-refractivity contribution < 1.29 is 17.7 Å². The number of non-ortho nitro benzene ring substituents is 1. The van der Waals surface area contributed by atoms with Crippen LogP contribution in [0.4, 0.5) is 10.1 Å². The minimum absolute atomic E-state index is 0.0415. The van der Waals surface area contributed by atoms with E-state index < -0.39 is 20.6 Å². The maximum absolute atomic E-state index is 12.8. The Morgan fingerprint density at radius 3 is 2.10 bits per heavy atom.